The van der Waals surface area contributed by atoms with E-state index in [1.54, 1.807) is 19.5 Å². The Hall–Kier alpha value is -1.29. The quantitative estimate of drug-likeness (QED) is 0.729. The highest BCUT2D eigenvalue weighted by Crippen LogP contribution is 2.38. The summed E-state index contributed by atoms with van der Waals surface area (Å²) < 4.78 is 6.16. The molecule has 0 spiro atoms. The fourth-order valence-electron chi connectivity index (χ4n) is 1.10. The van der Waals surface area contributed by atoms with Crippen molar-refractivity contribution in [3.63, 3.8) is 0 Å². The number of hydrogen-bond donors (Lipinski definition) is 1. The van der Waals surface area contributed by atoms with Crippen LogP contribution in [-0.2, 0) is 0 Å². The van der Waals surface area contributed by atoms with Crippen LogP contribution in [0.1, 0.15) is 0 Å². The predicted molar refractivity (Wildman–Crippen MR) is 50.6 cm³/mol. The van der Waals surface area contributed by atoms with Crippen molar-refractivity contribution in [2.24, 2.45) is 0 Å². The number of anilines is 1. The SMILES string of the molecule is COc1sc2cnccc2c1N. The van der Waals surface area contributed by atoms with Crippen LogP contribution in [-0.4, -0.2) is 12.1 Å². The molecular formula is C8H8N2OS. The number of nitrogens with zero attached hydrogens (tertiary/aromatic N) is 1. The fraction of sp³-hybridized carbons (Fsp3) is 0.125. The molecule has 2 aromatic rings. The first-order valence-electron chi connectivity index (χ1n) is 3.49. The van der Waals surface area contributed by atoms with E-state index in [9.17, 15) is 0 Å². The molecule has 4 heteroatoms. The Bertz CT molecular complexity index is 410. The van der Waals surface area contributed by atoms with Gasteiger partial charge in [0.15, 0.2) is 5.06 Å². The molecular weight excluding hydrogens is 172 g/mol. The third-order valence-corrected chi connectivity index (χ3v) is 2.80. The molecule has 62 valence electrons. The highest BCUT2D eigenvalue weighted by atomic mass is 32.1. The maximum absolute atomic E-state index is 5.81. The van der Waals surface area contributed by atoms with Crippen molar-refractivity contribution < 1.29 is 4.74 Å². The van der Waals surface area contributed by atoms with E-state index < -0.39 is 0 Å². The lowest BCUT2D eigenvalue weighted by atomic mass is 10.3. The zero-order valence-corrected chi connectivity index (χ0v) is 7.39. The van der Waals surface area contributed by atoms with E-state index in [0.717, 1.165) is 15.1 Å². The van der Waals surface area contributed by atoms with Gasteiger partial charge in [-0.15, -0.1) is 0 Å². The zero-order valence-electron chi connectivity index (χ0n) is 6.57. The number of ether oxygens (including phenoxy) is 1. The summed E-state index contributed by atoms with van der Waals surface area (Å²) in [4.78, 5) is 4.00. The average Bonchev–Trinajstić information content (AvgIpc) is 2.44. The van der Waals surface area contributed by atoms with Crippen molar-refractivity contribution in [2.75, 3.05) is 12.8 Å². The number of hydrogen-bond acceptors (Lipinski definition) is 4. The number of nitrogens with two attached hydrogens (primary N) is 1. The van der Waals surface area contributed by atoms with Crippen molar-refractivity contribution in [3.8, 4) is 5.06 Å². The van der Waals surface area contributed by atoms with Crippen LogP contribution >= 0.6 is 11.3 Å². The first kappa shape index (κ1) is 7.36. The van der Waals surface area contributed by atoms with Gasteiger partial charge in [-0.25, -0.2) is 0 Å². The minimum atomic E-state index is 0.708. The third-order valence-electron chi connectivity index (χ3n) is 1.68. The maximum Gasteiger partial charge on any atom is 0.198 e. The van der Waals surface area contributed by atoms with Crippen LogP contribution in [0.3, 0.4) is 0 Å². The lowest BCUT2D eigenvalue weighted by molar-refractivity contribution is 0.429. The lowest BCUT2D eigenvalue weighted by Crippen LogP contribution is -1.86. The summed E-state index contributed by atoms with van der Waals surface area (Å²) in [6, 6.07) is 1.89. The molecule has 0 aliphatic heterocycles. The van der Waals surface area contributed by atoms with E-state index >= 15 is 0 Å². The van der Waals surface area contributed by atoms with Crippen LogP contribution in [0.5, 0.6) is 5.06 Å². The Morgan fingerprint density at radius 3 is 3.08 bits per heavy atom. The van der Waals surface area contributed by atoms with Crippen molar-refractivity contribution >= 4 is 27.1 Å². The van der Waals surface area contributed by atoms with Gasteiger partial charge in [-0.05, 0) is 6.07 Å². The van der Waals surface area contributed by atoms with Gasteiger partial charge in [0.2, 0.25) is 0 Å². The molecule has 0 fully saturated rings. The van der Waals surface area contributed by atoms with Crippen molar-refractivity contribution in [2.45, 2.75) is 0 Å². The number of methoxy groups -OCH3 is 1. The van der Waals surface area contributed by atoms with Crippen LogP contribution < -0.4 is 10.5 Å². The largest absolute Gasteiger partial charge is 0.486 e. The van der Waals surface area contributed by atoms with Crippen LogP contribution in [0, 0.1) is 0 Å². The number of rotatable bonds is 1. The molecule has 2 rings (SSSR count). The second-order valence-corrected chi connectivity index (χ2v) is 3.39. The Labute approximate surface area is 73.8 Å². The number of pyridine rings is 1. The third kappa shape index (κ3) is 0.921. The molecule has 2 heterocycles. The molecule has 3 nitrogen and oxygen atoms in total. The Morgan fingerprint density at radius 2 is 2.42 bits per heavy atom. The normalized spacial score (nSPS) is 10.4. The Morgan fingerprint density at radius 1 is 1.58 bits per heavy atom. The number of aromatic nitrogens is 1. The smallest absolute Gasteiger partial charge is 0.198 e. The van der Waals surface area contributed by atoms with Gasteiger partial charge in [-0.1, -0.05) is 11.3 Å². The molecule has 2 aromatic heterocycles. The minimum absolute atomic E-state index is 0.708. The molecule has 0 unspecified atom stereocenters. The minimum Gasteiger partial charge on any atom is -0.486 e. The van der Waals surface area contributed by atoms with Crippen LogP contribution in [0.4, 0.5) is 5.69 Å². The highest BCUT2D eigenvalue weighted by Gasteiger charge is 2.07. The summed E-state index contributed by atoms with van der Waals surface area (Å²) >= 11 is 1.51. The maximum atomic E-state index is 5.81. The van der Waals surface area contributed by atoms with Crippen LogP contribution in [0.15, 0.2) is 18.5 Å². The summed E-state index contributed by atoms with van der Waals surface area (Å²) in [5.41, 5.74) is 6.52. The first-order valence-corrected chi connectivity index (χ1v) is 4.30. The molecule has 0 atom stereocenters. The van der Waals surface area contributed by atoms with Gasteiger partial charge < -0.3 is 10.5 Å². The molecule has 0 aliphatic carbocycles. The number of thiophene rings is 1. The molecule has 0 radical (unpaired) electrons. The van der Waals surface area contributed by atoms with Crippen LogP contribution in [0.25, 0.3) is 10.1 Å². The topological polar surface area (TPSA) is 48.1 Å². The number of fused-ring (bicyclic) bond motifs is 1. The summed E-state index contributed by atoms with van der Waals surface area (Å²) in [6.07, 6.45) is 3.52. The molecule has 0 saturated carbocycles. The fourth-order valence-corrected chi connectivity index (χ4v) is 2.00. The highest BCUT2D eigenvalue weighted by molar-refractivity contribution is 7.21. The lowest BCUT2D eigenvalue weighted by Gasteiger charge is -1.93. The van der Waals surface area contributed by atoms with Gasteiger partial charge in [-0.2, -0.15) is 0 Å². The standard InChI is InChI=1S/C8H8N2OS/c1-11-8-7(9)5-2-3-10-4-6(5)12-8/h2-4H,9H2,1H3. The summed E-state index contributed by atoms with van der Waals surface area (Å²) in [7, 11) is 1.62. The molecule has 0 aromatic carbocycles. The molecule has 12 heavy (non-hydrogen) atoms. The van der Waals surface area contributed by atoms with E-state index in [2.05, 4.69) is 4.98 Å². The summed E-state index contributed by atoms with van der Waals surface area (Å²) in [6.45, 7) is 0. The molecule has 0 bridgehead atoms. The van der Waals surface area contributed by atoms with Gasteiger partial charge in [0.25, 0.3) is 0 Å². The van der Waals surface area contributed by atoms with E-state index in [1.165, 1.54) is 11.3 Å². The molecule has 0 saturated heterocycles. The van der Waals surface area contributed by atoms with Crippen molar-refractivity contribution in [3.05, 3.63) is 18.5 Å². The molecule has 0 amide bonds. The summed E-state index contributed by atoms with van der Waals surface area (Å²) in [5, 5.41) is 1.78. The van der Waals surface area contributed by atoms with Crippen molar-refractivity contribution in [1.29, 1.82) is 0 Å². The monoisotopic (exact) mass is 180 g/mol. The predicted octanol–water partition coefficient (Wildman–Crippen LogP) is 1.89. The summed E-state index contributed by atoms with van der Waals surface area (Å²) in [5.74, 6) is 0. The van der Waals surface area contributed by atoms with E-state index in [-0.39, 0.29) is 0 Å². The van der Waals surface area contributed by atoms with E-state index in [4.69, 9.17) is 10.5 Å². The van der Waals surface area contributed by atoms with Crippen molar-refractivity contribution in [1.82, 2.24) is 4.98 Å². The second-order valence-electron chi connectivity index (χ2n) is 2.38. The zero-order chi connectivity index (χ0) is 8.55. The average molecular weight is 180 g/mol. The molecule has 0 aliphatic rings. The van der Waals surface area contributed by atoms with E-state index in [0.29, 0.717) is 5.69 Å². The number of nitrogen functional groups attached to an aromatic ring is 1. The Kier molecular flexibility index (Phi) is 1.62. The van der Waals surface area contributed by atoms with Gasteiger partial charge in [0, 0.05) is 17.8 Å². The van der Waals surface area contributed by atoms with E-state index in [1.807, 2.05) is 6.07 Å². The van der Waals surface area contributed by atoms with Gasteiger partial charge in [0.1, 0.15) is 0 Å². The van der Waals surface area contributed by atoms with Crippen LogP contribution in [0.2, 0.25) is 0 Å². The van der Waals surface area contributed by atoms with Gasteiger partial charge in [0.05, 0.1) is 17.5 Å². The second kappa shape index (κ2) is 2.64. The van der Waals surface area contributed by atoms with Gasteiger partial charge >= 0.3 is 0 Å². The Balaban J connectivity index is 2.78. The molecule has 2 N–H and O–H groups in total. The first-order chi connectivity index (χ1) is 5.83. The van der Waals surface area contributed by atoms with Gasteiger partial charge in [-0.3, -0.25) is 4.98 Å².